The summed E-state index contributed by atoms with van der Waals surface area (Å²) in [6.45, 7) is 0.894. The van der Waals surface area contributed by atoms with E-state index in [1.807, 2.05) is 6.07 Å². The van der Waals surface area contributed by atoms with Crippen molar-refractivity contribution in [3.8, 4) is 5.75 Å². The van der Waals surface area contributed by atoms with Crippen molar-refractivity contribution in [3.05, 3.63) is 28.2 Å². The maximum absolute atomic E-state index is 6.23. The second kappa shape index (κ2) is 7.27. The smallest absolute Gasteiger partial charge is 0.133 e. The molecule has 0 radical (unpaired) electrons. The second-order valence-electron chi connectivity index (χ2n) is 5.16. The molecule has 19 heavy (non-hydrogen) atoms. The van der Waals surface area contributed by atoms with Crippen LogP contribution in [-0.4, -0.2) is 25.9 Å². The van der Waals surface area contributed by atoms with Crippen LogP contribution in [0.3, 0.4) is 0 Å². The molecule has 0 aromatic heterocycles. The minimum Gasteiger partial charge on any atom is -0.496 e. The summed E-state index contributed by atoms with van der Waals surface area (Å²) >= 11 is 3.51. The number of methoxy groups -OCH3 is 1. The molecule has 2 N–H and O–H groups in total. The molecule has 1 heterocycles. The van der Waals surface area contributed by atoms with Gasteiger partial charge in [0.25, 0.3) is 0 Å². The molecule has 3 nitrogen and oxygen atoms in total. The minimum absolute atomic E-state index is 0.156. The topological polar surface area (TPSA) is 44.5 Å². The first-order valence-corrected chi connectivity index (χ1v) is 7.68. The van der Waals surface area contributed by atoms with Gasteiger partial charge in [0.15, 0.2) is 0 Å². The van der Waals surface area contributed by atoms with E-state index in [1.165, 1.54) is 18.4 Å². The molecule has 1 aromatic carbocycles. The van der Waals surface area contributed by atoms with Gasteiger partial charge in [-0.15, -0.1) is 0 Å². The lowest BCUT2D eigenvalue weighted by Gasteiger charge is -2.25. The third-order valence-electron chi connectivity index (χ3n) is 3.55. The van der Waals surface area contributed by atoms with Gasteiger partial charge in [-0.1, -0.05) is 6.07 Å². The van der Waals surface area contributed by atoms with Crippen molar-refractivity contribution in [2.24, 2.45) is 5.73 Å². The number of halogens is 1. The van der Waals surface area contributed by atoms with E-state index < -0.39 is 0 Å². The predicted octanol–water partition coefficient (Wildman–Crippen LogP) is 3.29. The molecule has 4 heteroatoms. The van der Waals surface area contributed by atoms with Crippen molar-refractivity contribution in [3.63, 3.8) is 0 Å². The Labute approximate surface area is 123 Å². The van der Waals surface area contributed by atoms with Crippen molar-refractivity contribution in [1.82, 2.24) is 0 Å². The highest BCUT2D eigenvalue weighted by Gasteiger charge is 2.17. The molecule has 0 bridgehead atoms. The largest absolute Gasteiger partial charge is 0.496 e. The van der Waals surface area contributed by atoms with Crippen molar-refractivity contribution in [2.75, 3.05) is 13.7 Å². The zero-order valence-electron chi connectivity index (χ0n) is 11.4. The molecule has 1 aliphatic heterocycles. The van der Waals surface area contributed by atoms with Gasteiger partial charge in [-0.2, -0.15) is 0 Å². The molecule has 2 unspecified atom stereocenters. The predicted molar refractivity (Wildman–Crippen MR) is 80.6 cm³/mol. The lowest BCUT2D eigenvalue weighted by molar-refractivity contribution is 0.00747. The van der Waals surface area contributed by atoms with E-state index in [0.717, 1.165) is 36.1 Å². The normalized spacial score (nSPS) is 21.1. The van der Waals surface area contributed by atoms with E-state index >= 15 is 0 Å². The second-order valence-corrected chi connectivity index (χ2v) is 6.01. The molecular weight excluding hydrogens is 306 g/mol. The molecule has 0 aliphatic carbocycles. The third-order valence-corrected chi connectivity index (χ3v) is 4.17. The zero-order valence-corrected chi connectivity index (χ0v) is 13.0. The van der Waals surface area contributed by atoms with E-state index in [-0.39, 0.29) is 6.04 Å². The van der Waals surface area contributed by atoms with Crippen LogP contribution in [0.2, 0.25) is 0 Å². The van der Waals surface area contributed by atoms with Crippen LogP contribution < -0.4 is 10.5 Å². The Bertz CT molecular complexity index is 405. The van der Waals surface area contributed by atoms with Crippen molar-refractivity contribution < 1.29 is 9.47 Å². The summed E-state index contributed by atoms with van der Waals surface area (Å²) in [4.78, 5) is 0. The molecule has 106 valence electrons. The van der Waals surface area contributed by atoms with Crippen molar-refractivity contribution in [2.45, 2.75) is 44.2 Å². The minimum atomic E-state index is 0.156. The maximum Gasteiger partial charge on any atom is 0.133 e. The highest BCUT2D eigenvalue weighted by molar-refractivity contribution is 9.10. The van der Waals surface area contributed by atoms with Crippen LogP contribution in [-0.2, 0) is 11.2 Å². The van der Waals surface area contributed by atoms with Gasteiger partial charge in [-0.05, 0) is 65.7 Å². The number of benzene rings is 1. The summed E-state index contributed by atoms with van der Waals surface area (Å²) in [6, 6.07) is 6.29. The first kappa shape index (κ1) is 14.8. The van der Waals surface area contributed by atoms with Gasteiger partial charge in [0.2, 0.25) is 0 Å². The average molecular weight is 328 g/mol. The molecule has 2 rings (SSSR count). The Morgan fingerprint density at radius 2 is 2.32 bits per heavy atom. The van der Waals surface area contributed by atoms with Gasteiger partial charge in [0.1, 0.15) is 5.75 Å². The van der Waals surface area contributed by atoms with Crippen LogP contribution in [0.15, 0.2) is 22.7 Å². The Morgan fingerprint density at radius 3 is 2.95 bits per heavy atom. The number of hydrogen-bond acceptors (Lipinski definition) is 3. The molecule has 2 atom stereocenters. The fourth-order valence-corrected chi connectivity index (χ4v) is 3.14. The molecule has 1 aromatic rings. The Balaban J connectivity index is 1.87. The number of hydrogen-bond donors (Lipinski definition) is 1. The summed E-state index contributed by atoms with van der Waals surface area (Å²) < 4.78 is 11.9. The van der Waals surface area contributed by atoms with E-state index in [2.05, 4.69) is 28.1 Å². The molecule has 1 aliphatic rings. The molecule has 0 amide bonds. The van der Waals surface area contributed by atoms with Gasteiger partial charge in [-0.3, -0.25) is 0 Å². The average Bonchev–Trinajstić information content (AvgIpc) is 2.40. The van der Waals surface area contributed by atoms with Crippen LogP contribution in [0.4, 0.5) is 0 Å². The summed E-state index contributed by atoms with van der Waals surface area (Å²) in [7, 11) is 1.67. The summed E-state index contributed by atoms with van der Waals surface area (Å²) in [6.07, 6.45) is 5.79. The molecule has 1 saturated heterocycles. The summed E-state index contributed by atoms with van der Waals surface area (Å²) in [5.74, 6) is 0.855. The van der Waals surface area contributed by atoms with E-state index in [0.29, 0.717) is 6.10 Å². The third kappa shape index (κ3) is 4.48. The molecule has 0 spiro atoms. The number of rotatable bonds is 5. The highest BCUT2D eigenvalue weighted by atomic mass is 79.9. The Morgan fingerprint density at radius 1 is 1.47 bits per heavy atom. The lowest BCUT2D eigenvalue weighted by Crippen LogP contribution is -2.31. The van der Waals surface area contributed by atoms with Crippen molar-refractivity contribution >= 4 is 15.9 Å². The number of nitrogens with two attached hydrogens (primary N) is 1. The SMILES string of the molecule is COc1ccc(CC(N)CC2CCCCO2)cc1Br. The first-order valence-electron chi connectivity index (χ1n) is 6.88. The van der Waals surface area contributed by atoms with E-state index in [1.54, 1.807) is 7.11 Å². The quantitative estimate of drug-likeness (QED) is 0.902. The van der Waals surface area contributed by atoms with Crippen LogP contribution in [0, 0.1) is 0 Å². The monoisotopic (exact) mass is 327 g/mol. The maximum atomic E-state index is 6.23. The van der Waals surface area contributed by atoms with Gasteiger partial charge >= 0.3 is 0 Å². The van der Waals surface area contributed by atoms with Gasteiger partial charge in [0, 0.05) is 12.6 Å². The van der Waals surface area contributed by atoms with Gasteiger partial charge in [-0.25, -0.2) is 0 Å². The Hall–Kier alpha value is -0.580. The van der Waals surface area contributed by atoms with Crippen LogP contribution in [0.5, 0.6) is 5.75 Å². The summed E-state index contributed by atoms with van der Waals surface area (Å²) in [5, 5.41) is 0. The van der Waals surface area contributed by atoms with Gasteiger partial charge in [0.05, 0.1) is 17.7 Å². The van der Waals surface area contributed by atoms with Gasteiger partial charge < -0.3 is 15.2 Å². The first-order chi connectivity index (χ1) is 9.19. The zero-order chi connectivity index (χ0) is 13.7. The van der Waals surface area contributed by atoms with Crippen molar-refractivity contribution in [1.29, 1.82) is 0 Å². The van der Waals surface area contributed by atoms with E-state index in [4.69, 9.17) is 15.2 Å². The molecular formula is C15H22BrNO2. The number of ether oxygens (including phenoxy) is 2. The lowest BCUT2D eigenvalue weighted by atomic mass is 9.97. The standard InChI is InChI=1S/C15H22BrNO2/c1-18-15-6-5-11(9-14(15)16)8-12(17)10-13-4-2-3-7-19-13/h5-6,9,12-13H,2-4,7-8,10,17H2,1H3. The summed E-state index contributed by atoms with van der Waals surface area (Å²) in [5.41, 5.74) is 7.46. The fraction of sp³-hybridized carbons (Fsp3) is 0.600. The molecule has 0 saturated carbocycles. The van der Waals surface area contributed by atoms with Crippen LogP contribution in [0.1, 0.15) is 31.2 Å². The fourth-order valence-electron chi connectivity index (χ4n) is 2.55. The van der Waals surface area contributed by atoms with Crippen LogP contribution >= 0.6 is 15.9 Å². The van der Waals surface area contributed by atoms with Crippen LogP contribution in [0.25, 0.3) is 0 Å². The molecule has 1 fully saturated rings. The Kier molecular flexibility index (Phi) is 5.67. The highest BCUT2D eigenvalue weighted by Crippen LogP contribution is 2.26. The van der Waals surface area contributed by atoms with E-state index in [9.17, 15) is 0 Å².